The van der Waals surface area contributed by atoms with Crippen LogP contribution in [0.3, 0.4) is 0 Å². The molecular weight excluding hydrogens is 284 g/mol. The number of rotatable bonds is 2. The molecule has 1 aromatic rings. The third kappa shape index (κ3) is 1.96. The van der Waals surface area contributed by atoms with E-state index in [-0.39, 0.29) is 4.69 Å². The summed E-state index contributed by atoms with van der Waals surface area (Å²) in [6.45, 7) is 1.93. The summed E-state index contributed by atoms with van der Waals surface area (Å²) in [6.07, 6.45) is 0. The Bertz CT molecular complexity index is 307. The molecule has 0 unspecified atom stereocenters. The Morgan fingerprint density at radius 1 is 1.50 bits per heavy atom. The van der Waals surface area contributed by atoms with Crippen molar-refractivity contribution in [1.29, 1.82) is 0 Å². The predicted octanol–water partition coefficient (Wildman–Crippen LogP) is 3.43. The van der Waals surface area contributed by atoms with Gasteiger partial charge in [0.2, 0.25) is 4.69 Å². The van der Waals surface area contributed by atoms with E-state index in [1.54, 1.807) is 0 Å². The molecule has 0 spiro atoms. The second-order valence-corrected chi connectivity index (χ2v) is 3.80. The first-order chi connectivity index (χ1) is 5.66. The van der Waals surface area contributed by atoms with Crippen molar-refractivity contribution in [2.75, 3.05) is 0 Å². The molecule has 1 aromatic carbocycles. The number of benzene rings is 1. The van der Waals surface area contributed by atoms with E-state index in [1.807, 2.05) is 25.1 Å². The summed E-state index contributed by atoms with van der Waals surface area (Å²) in [6, 6.07) is 5.82. The summed E-state index contributed by atoms with van der Waals surface area (Å²) in [5.74, 6) is 0. The van der Waals surface area contributed by atoms with Crippen LogP contribution in [0, 0.1) is 6.92 Å². The van der Waals surface area contributed by atoms with Crippen LogP contribution < -0.4 is 0 Å². The molecule has 0 saturated carbocycles. The number of hydrogen-bond acceptors (Lipinski definition) is 1. The molecule has 0 aliphatic heterocycles. The smallest absolute Gasteiger partial charge is 0.228 e. The molecule has 0 N–H and O–H groups in total. The lowest BCUT2D eigenvalue weighted by molar-refractivity contribution is 0.109. The zero-order valence-electron chi connectivity index (χ0n) is 6.60. The van der Waals surface area contributed by atoms with Gasteiger partial charge in [0.1, 0.15) is 0 Å². The lowest BCUT2D eigenvalue weighted by Gasteiger charge is -2.05. The van der Waals surface area contributed by atoms with Crippen molar-refractivity contribution in [3.05, 3.63) is 34.9 Å². The van der Waals surface area contributed by atoms with E-state index in [9.17, 15) is 4.79 Å². The molecule has 0 aliphatic rings. The zero-order chi connectivity index (χ0) is 9.14. The fourth-order valence-electron chi connectivity index (χ4n) is 1.12. The number of carbonyl (C=O) groups is 1. The van der Waals surface area contributed by atoms with Crippen LogP contribution in [0.5, 0.6) is 0 Å². The van der Waals surface area contributed by atoms with Crippen molar-refractivity contribution in [3.63, 3.8) is 0 Å². The van der Waals surface area contributed by atoms with E-state index in [0.29, 0.717) is 5.33 Å². The topological polar surface area (TPSA) is 17.1 Å². The van der Waals surface area contributed by atoms with Crippen LogP contribution in [-0.2, 0) is 5.33 Å². The van der Waals surface area contributed by atoms with Gasteiger partial charge in [0.05, 0.1) is 0 Å². The standard InChI is InChI=1S/C9H8Br2O/c1-6-3-2-4-7(5-10)8(6)9(11)12/h2-4H,5H2,1H3. The molecule has 3 heteroatoms. The maximum Gasteiger partial charge on any atom is 0.228 e. The van der Waals surface area contributed by atoms with E-state index < -0.39 is 0 Å². The molecule has 0 fully saturated rings. The minimum Gasteiger partial charge on any atom is -0.281 e. The highest BCUT2D eigenvalue weighted by atomic mass is 79.9. The maximum absolute atomic E-state index is 11.1. The molecule has 0 amide bonds. The van der Waals surface area contributed by atoms with Crippen LogP contribution in [0.4, 0.5) is 0 Å². The van der Waals surface area contributed by atoms with Gasteiger partial charge in [0.25, 0.3) is 0 Å². The number of halogens is 2. The molecule has 0 heterocycles. The first kappa shape index (κ1) is 9.93. The molecule has 1 rings (SSSR count). The number of aryl methyl sites for hydroxylation is 1. The van der Waals surface area contributed by atoms with Crippen LogP contribution in [-0.4, -0.2) is 4.69 Å². The lowest BCUT2D eigenvalue weighted by atomic mass is 10.0. The Hall–Kier alpha value is -0.150. The van der Waals surface area contributed by atoms with Gasteiger partial charge in [-0.1, -0.05) is 34.1 Å². The molecule has 0 radical (unpaired) electrons. The molecule has 0 saturated heterocycles. The van der Waals surface area contributed by atoms with Gasteiger partial charge in [-0.15, -0.1) is 0 Å². The quantitative estimate of drug-likeness (QED) is 0.603. The summed E-state index contributed by atoms with van der Waals surface area (Å²) in [5.41, 5.74) is 2.81. The minimum absolute atomic E-state index is 0.0462. The Morgan fingerprint density at radius 2 is 2.17 bits per heavy atom. The Morgan fingerprint density at radius 3 is 2.58 bits per heavy atom. The highest BCUT2D eigenvalue weighted by Gasteiger charge is 2.09. The summed E-state index contributed by atoms with van der Waals surface area (Å²) in [7, 11) is 0. The number of hydrogen-bond donors (Lipinski definition) is 0. The average Bonchev–Trinajstić information content (AvgIpc) is 2.03. The minimum atomic E-state index is -0.0462. The van der Waals surface area contributed by atoms with Gasteiger partial charge < -0.3 is 0 Å². The summed E-state index contributed by atoms with van der Waals surface area (Å²) < 4.78 is -0.0462. The molecule has 0 bridgehead atoms. The van der Waals surface area contributed by atoms with Gasteiger partial charge in [0.15, 0.2) is 0 Å². The lowest BCUT2D eigenvalue weighted by Crippen LogP contribution is -1.97. The second kappa shape index (κ2) is 4.19. The van der Waals surface area contributed by atoms with Crippen molar-refractivity contribution in [2.45, 2.75) is 12.3 Å². The predicted molar refractivity (Wildman–Crippen MR) is 57.1 cm³/mol. The van der Waals surface area contributed by atoms with Crippen molar-refractivity contribution in [2.24, 2.45) is 0 Å². The van der Waals surface area contributed by atoms with Crippen LogP contribution >= 0.6 is 31.9 Å². The highest BCUT2D eigenvalue weighted by Crippen LogP contribution is 2.19. The van der Waals surface area contributed by atoms with Crippen LogP contribution in [0.15, 0.2) is 18.2 Å². The molecule has 64 valence electrons. The number of alkyl halides is 1. The fourth-order valence-corrected chi connectivity index (χ4v) is 2.16. The Balaban J connectivity index is 3.29. The Labute approximate surface area is 88.4 Å². The summed E-state index contributed by atoms with van der Waals surface area (Å²) >= 11 is 6.30. The third-order valence-corrected chi connectivity index (χ3v) is 2.70. The van der Waals surface area contributed by atoms with Gasteiger partial charge in [0, 0.05) is 10.9 Å². The number of carbonyl (C=O) groups excluding carboxylic acids is 1. The van der Waals surface area contributed by atoms with Crippen molar-refractivity contribution >= 4 is 36.6 Å². The van der Waals surface area contributed by atoms with Crippen LogP contribution in [0.2, 0.25) is 0 Å². The van der Waals surface area contributed by atoms with Crippen molar-refractivity contribution in [1.82, 2.24) is 0 Å². The van der Waals surface area contributed by atoms with Gasteiger partial charge in [-0.25, -0.2) is 0 Å². The summed E-state index contributed by atoms with van der Waals surface area (Å²) in [4.78, 5) is 11.1. The van der Waals surface area contributed by atoms with Gasteiger partial charge in [-0.05, 0) is 34.0 Å². The van der Waals surface area contributed by atoms with Gasteiger partial charge >= 0.3 is 0 Å². The van der Waals surface area contributed by atoms with Crippen LogP contribution in [0.1, 0.15) is 21.5 Å². The zero-order valence-corrected chi connectivity index (χ0v) is 9.78. The average molecular weight is 292 g/mol. The normalized spacial score (nSPS) is 9.92. The Kier molecular flexibility index (Phi) is 3.47. The van der Waals surface area contributed by atoms with Gasteiger partial charge in [-0.2, -0.15) is 0 Å². The second-order valence-electron chi connectivity index (χ2n) is 2.52. The van der Waals surface area contributed by atoms with E-state index in [0.717, 1.165) is 16.7 Å². The largest absolute Gasteiger partial charge is 0.281 e. The van der Waals surface area contributed by atoms with Crippen molar-refractivity contribution in [3.8, 4) is 0 Å². The fraction of sp³-hybridized carbons (Fsp3) is 0.222. The first-order valence-corrected chi connectivity index (χ1v) is 5.42. The SMILES string of the molecule is Cc1cccc(CBr)c1C(=O)Br. The van der Waals surface area contributed by atoms with Crippen molar-refractivity contribution < 1.29 is 4.79 Å². The van der Waals surface area contributed by atoms with E-state index in [2.05, 4.69) is 31.9 Å². The van der Waals surface area contributed by atoms with Gasteiger partial charge in [-0.3, -0.25) is 4.79 Å². The van der Waals surface area contributed by atoms with E-state index >= 15 is 0 Å². The molecule has 0 atom stereocenters. The van der Waals surface area contributed by atoms with E-state index in [1.165, 1.54) is 0 Å². The molecule has 12 heavy (non-hydrogen) atoms. The van der Waals surface area contributed by atoms with E-state index in [4.69, 9.17) is 0 Å². The maximum atomic E-state index is 11.1. The molecule has 1 nitrogen and oxygen atoms in total. The molecule has 0 aliphatic carbocycles. The third-order valence-electron chi connectivity index (χ3n) is 1.70. The molecule has 0 aromatic heterocycles. The summed E-state index contributed by atoms with van der Waals surface area (Å²) in [5, 5.41) is 0.710. The monoisotopic (exact) mass is 290 g/mol. The van der Waals surface area contributed by atoms with Crippen LogP contribution in [0.25, 0.3) is 0 Å². The highest BCUT2D eigenvalue weighted by molar-refractivity contribution is 9.18. The first-order valence-electron chi connectivity index (χ1n) is 3.51. The molecular formula is C9H8Br2O.